The van der Waals surface area contributed by atoms with Crippen LogP contribution in [0.1, 0.15) is 19.8 Å². The van der Waals surface area contributed by atoms with Crippen molar-refractivity contribution in [2.75, 3.05) is 0 Å². The van der Waals surface area contributed by atoms with Crippen LogP contribution in [0.5, 0.6) is 0 Å². The predicted octanol–water partition coefficient (Wildman–Crippen LogP) is 0.610. The maximum atomic E-state index is 12.1. The minimum Gasteiger partial charge on any atom is -0.367 e. The first kappa shape index (κ1) is 7.40. The highest BCUT2D eigenvalue weighted by Gasteiger charge is 2.09. The van der Waals surface area contributed by atoms with E-state index < -0.39 is 12.1 Å². The number of hydrogen-bond donors (Lipinski definition) is 1. The van der Waals surface area contributed by atoms with E-state index in [0.29, 0.717) is 6.42 Å². The molecule has 48 valence electrons. The number of nitrogens with two attached hydrogens (primary N) is 1. The third kappa shape index (κ3) is 2.55. The predicted molar refractivity (Wildman–Crippen MR) is 29.0 cm³/mol. The first-order chi connectivity index (χ1) is 3.68. The van der Waals surface area contributed by atoms with E-state index in [4.69, 9.17) is 0 Å². The Labute approximate surface area is 47.9 Å². The summed E-state index contributed by atoms with van der Waals surface area (Å²) in [6.07, 6.45) is -0.542. The van der Waals surface area contributed by atoms with E-state index in [1.165, 1.54) is 0 Å². The average Bonchev–Trinajstić information content (AvgIpc) is 1.67. The lowest BCUT2D eigenvalue weighted by Gasteiger charge is -1.97. The molecule has 1 amide bonds. The molecule has 0 aliphatic heterocycles. The molecule has 0 spiro atoms. The van der Waals surface area contributed by atoms with Crippen LogP contribution in [0.3, 0.4) is 0 Å². The molecule has 2 N–H and O–H groups in total. The number of halogens is 1. The normalized spacial score (nSPS) is 13.2. The highest BCUT2D eigenvalue weighted by molar-refractivity contribution is 5.78. The Morgan fingerprint density at radius 2 is 2.38 bits per heavy atom. The second-order valence-corrected chi connectivity index (χ2v) is 1.66. The minimum absolute atomic E-state index is 0.245. The van der Waals surface area contributed by atoms with Crippen LogP contribution in [0.15, 0.2) is 0 Å². The molecule has 8 heavy (non-hydrogen) atoms. The van der Waals surface area contributed by atoms with Crippen LogP contribution in [0, 0.1) is 0 Å². The Kier molecular flexibility index (Phi) is 3.15. The van der Waals surface area contributed by atoms with Crippen LogP contribution in [0.25, 0.3) is 0 Å². The van der Waals surface area contributed by atoms with E-state index in [-0.39, 0.29) is 6.42 Å². The molecule has 0 saturated heterocycles. The molecule has 0 aromatic carbocycles. The first-order valence-electron chi connectivity index (χ1n) is 2.62. The maximum Gasteiger partial charge on any atom is 0.251 e. The molecular formula is C5H10FNO. The topological polar surface area (TPSA) is 43.1 Å². The molecule has 2 nitrogen and oxygen atoms in total. The fourth-order valence-corrected chi connectivity index (χ4v) is 0.396. The number of carbonyl (C=O) groups is 1. The molecule has 0 heterocycles. The van der Waals surface area contributed by atoms with E-state index in [9.17, 15) is 9.18 Å². The van der Waals surface area contributed by atoms with E-state index in [2.05, 4.69) is 5.73 Å². The van der Waals surface area contributed by atoms with Gasteiger partial charge in [-0.25, -0.2) is 4.39 Å². The van der Waals surface area contributed by atoms with E-state index in [1.807, 2.05) is 0 Å². The molecule has 0 aliphatic rings. The zero-order valence-electron chi connectivity index (χ0n) is 4.86. The first-order valence-corrected chi connectivity index (χ1v) is 2.62. The SMILES string of the molecule is CCC[C@@H](F)C(N)=O. The third-order valence-corrected chi connectivity index (χ3v) is 0.851. The molecular weight excluding hydrogens is 109 g/mol. The van der Waals surface area contributed by atoms with Crippen molar-refractivity contribution >= 4 is 5.91 Å². The Bertz CT molecular complexity index is 84.5. The average molecular weight is 119 g/mol. The van der Waals surface area contributed by atoms with Gasteiger partial charge in [0.25, 0.3) is 5.91 Å². The van der Waals surface area contributed by atoms with Gasteiger partial charge in [-0.05, 0) is 6.42 Å². The van der Waals surface area contributed by atoms with Crippen molar-refractivity contribution in [2.45, 2.75) is 25.9 Å². The van der Waals surface area contributed by atoms with Gasteiger partial charge in [-0.2, -0.15) is 0 Å². The van der Waals surface area contributed by atoms with E-state index in [1.54, 1.807) is 6.92 Å². The van der Waals surface area contributed by atoms with Gasteiger partial charge in [-0.1, -0.05) is 13.3 Å². The Hall–Kier alpha value is -0.600. The monoisotopic (exact) mass is 119 g/mol. The number of amides is 1. The quantitative estimate of drug-likeness (QED) is 0.581. The number of carbonyl (C=O) groups excluding carboxylic acids is 1. The molecule has 0 unspecified atom stereocenters. The molecule has 0 saturated carbocycles. The molecule has 0 aromatic heterocycles. The maximum absolute atomic E-state index is 12.1. The number of primary amides is 1. The number of rotatable bonds is 3. The summed E-state index contributed by atoms with van der Waals surface area (Å²) in [5.74, 6) is -0.855. The van der Waals surface area contributed by atoms with Crippen molar-refractivity contribution in [3.8, 4) is 0 Å². The largest absolute Gasteiger partial charge is 0.367 e. The van der Waals surface area contributed by atoms with Crippen molar-refractivity contribution < 1.29 is 9.18 Å². The zero-order chi connectivity index (χ0) is 6.57. The Balaban J connectivity index is 3.32. The van der Waals surface area contributed by atoms with Crippen LogP contribution in [0.2, 0.25) is 0 Å². The Morgan fingerprint density at radius 1 is 1.88 bits per heavy atom. The molecule has 0 bridgehead atoms. The summed E-state index contributed by atoms with van der Waals surface area (Å²) in [5.41, 5.74) is 4.61. The van der Waals surface area contributed by atoms with Crippen LogP contribution in [-0.2, 0) is 4.79 Å². The lowest BCUT2D eigenvalue weighted by atomic mass is 10.2. The molecule has 3 heteroatoms. The summed E-state index contributed by atoms with van der Waals surface area (Å²) in [6, 6.07) is 0. The second-order valence-electron chi connectivity index (χ2n) is 1.66. The molecule has 0 fully saturated rings. The fraction of sp³-hybridized carbons (Fsp3) is 0.800. The smallest absolute Gasteiger partial charge is 0.251 e. The molecule has 0 rings (SSSR count). The van der Waals surface area contributed by atoms with Crippen LogP contribution >= 0.6 is 0 Å². The van der Waals surface area contributed by atoms with Crippen molar-refractivity contribution in [3.63, 3.8) is 0 Å². The van der Waals surface area contributed by atoms with Gasteiger partial charge < -0.3 is 5.73 Å². The lowest BCUT2D eigenvalue weighted by Crippen LogP contribution is -2.23. The third-order valence-electron chi connectivity index (χ3n) is 0.851. The second kappa shape index (κ2) is 3.41. The van der Waals surface area contributed by atoms with Gasteiger partial charge >= 0.3 is 0 Å². The number of hydrogen-bond acceptors (Lipinski definition) is 1. The van der Waals surface area contributed by atoms with Gasteiger partial charge in [0, 0.05) is 0 Å². The van der Waals surface area contributed by atoms with Crippen LogP contribution in [-0.4, -0.2) is 12.1 Å². The van der Waals surface area contributed by atoms with Gasteiger partial charge in [-0.15, -0.1) is 0 Å². The van der Waals surface area contributed by atoms with Gasteiger partial charge in [0.05, 0.1) is 0 Å². The minimum atomic E-state index is -1.44. The van der Waals surface area contributed by atoms with Gasteiger partial charge in [-0.3, -0.25) is 4.79 Å². The summed E-state index contributed by atoms with van der Waals surface area (Å²) in [7, 11) is 0. The summed E-state index contributed by atoms with van der Waals surface area (Å²) in [5, 5.41) is 0. The van der Waals surface area contributed by atoms with Gasteiger partial charge in [0.15, 0.2) is 6.17 Å². The molecule has 1 atom stereocenters. The van der Waals surface area contributed by atoms with E-state index in [0.717, 1.165) is 0 Å². The van der Waals surface area contributed by atoms with Crippen LogP contribution < -0.4 is 5.73 Å². The van der Waals surface area contributed by atoms with Crippen LogP contribution in [0.4, 0.5) is 4.39 Å². The van der Waals surface area contributed by atoms with Crippen molar-refractivity contribution in [3.05, 3.63) is 0 Å². The fourth-order valence-electron chi connectivity index (χ4n) is 0.396. The summed E-state index contributed by atoms with van der Waals surface area (Å²) < 4.78 is 12.1. The number of alkyl halides is 1. The highest BCUT2D eigenvalue weighted by Crippen LogP contribution is 1.98. The highest BCUT2D eigenvalue weighted by atomic mass is 19.1. The summed E-state index contributed by atoms with van der Waals surface area (Å²) in [4.78, 5) is 9.94. The Morgan fingerprint density at radius 3 is 2.50 bits per heavy atom. The molecule has 0 aliphatic carbocycles. The van der Waals surface area contributed by atoms with E-state index >= 15 is 0 Å². The van der Waals surface area contributed by atoms with Gasteiger partial charge in [0.2, 0.25) is 0 Å². The summed E-state index contributed by atoms with van der Waals surface area (Å²) in [6.45, 7) is 1.80. The van der Waals surface area contributed by atoms with Crippen molar-refractivity contribution in [1.82, 2.24) is 0 Å². The standard InChI is InChI=1S/C5H10FNO/c1-2-3-4(6)5(7)8/h4H,2-3H2,1H3,(H2,7,8)/t4-/m1/s1. The molecule has 0 radical (unpaired) electrons. The summed E-state index contributed by atoms with van der Waals surface area (Å²) >= 11 is 0. The van der Waals surface area contributed by atoms with Gasteiger partial charge in [0.1, 0.15) is 0 Å². The zero-order valence-corrected chi connectivity index (χ0v) is 4.86. The van der Waals surface area contributed by atoms with Crippen molar-refractivity contribution in [2.24, 2.45) is 5.73 Å². The molecule has 0 aromatic rings. The van der Waals surface area contributed by atoms with Crippen molar-refractivity contribution in [1.29, 1.82) is 0 Å². The lowest BCUT2D eigenvalue weighted by molar-refractivity contribution is -0.122.